The third kappa shape index (κ3) is 2.58. The number of hydrogen-bond donors (Lipinski definition) is 2. The van der Waals surface area contributed by atoms with Crippen LogP contribution in [0.3, 0.4) is 0 Å². The van der Waals surface area contributed by atoms with Gasteiger partial charge in [0.1, 0.15) is 18.2 Å². The average Bonchev–Trinajstić information content (AvgIpc) is 2.38. The lowest BCUT2D eigenvalue weighted by atomic mass is 10.0. The van der Waals surface area contributed by atoms with Crippen LogP contribution < -0.4 is 15.8 Å². The van der Waals surface area contributed by atoms with Gasteiger partial charge < -0.3 is 15.8 Å². The Morgan fingerprint density at radius 2 is 2.00 bits per heavy atom. The number of anilines is 2. The monoisotopic (exact) mass is 280 g/mol. The summed E-state index contributed by atoms with van der Waals surface area (Å²) in [4.78, 5) is 0. The van der Waals surface area contributed by atoms with E-state index >= 15 is 0 Å². The summed E-state index contributed by atoms with van der Waals surface area (Å²) in [6.07, 6.45) is 0. The van der Waals surface area contributed by atoms with E-state index in [1.54, 1.807) is 12.1 Å². The molecule has 1 unspecified atom stereocenters. The molecule has 1 aliphatic heterocycles. The molecule has 100 valence electrons. The number of rotatable bonds is 1. The highest BCUT2D eigenvalue weighted by Gasteiger charge is 2.22. The number of nitrogens with two attached hydrogens (primary N) is 1. The Bertz CT molecular complexity index is 591. The molecular weight excluding hydrogens is 267 g/mol. The second-order valence-corrected chi connectivity index (χ2v) is 4.29. The topological polar surface area (TPSA) is 47.3 Å². The minimum absolute atomic E-state index is 0. The van der Waals surface area contributed by atoms with Crippen molar-refractivity contribution in [2.24, 2.45) is 0 Å². The lowest BCUT2D eigenvalue weighted by Gasteiger charge is -2.28. The fourth-order valence-electron chi connectivity index (χ4n) is 2.11. The van der Waals surface area contributed by atoms with E-state index in [2.05, 4.69) is 5.32 Å². The lowest BCUT2D eigenvalue weighted by Crippen LogP contribution is -2.24. The summed E-state index contributed by atoms with van der Waals surface area (Å²) in [5, 5.41) is 3.27. The highest BCUT2D eigenvalue weighted by Crippen LogP contribution is 2.34. The molecule has 0 aromatic heterocycles. The van der Waals surface area contributed by atoms with Crippen molar-refractivity contribution in [3.8, 4) is 5.75 Å². The van der Waals surface area contributed by atoms with E-state index in [-0.39, 0.29) is 24.3 Å². The standard InChI is InChI=1S/C14H13FN2O.ClH/c15-11-7-9(16)5-6-10(11)13-8-18-14-4-2-1-3-12(14)17-13;/h1-7,13,17H,8,16H2;1H. The molecule has 0 fully saturated rings. The third-order valence-electron chi connectivity index (χ3n) is 3.02. The number of ether oxygens (including phenoxy) is 1. The predicted octanol–water partition coefficient (Wildman–Crippen LogP) is 3.38. The number of halogens is 2. The molecule has 0 radical (unpaired) electrons. The van der Waals surface area contributed by atoms with Gasteiger partial charge in [-0.2, -0.15) is 0 Å². The van der Waals surface area contributed by atoms with E-state index < -0.39 is 0 Å². The van der Waals surface area contributed by atoms with Gasteiger partial charge >= 0.3 is 0 Å². The van der Waals surface area contributed by atoms with Crippen LogP contribution in [0, 0.1) is 5.82 Å². The minimum Gasteiger partial charge on any atom is -0.489 e. The Morgan fingerprint density at radius 1 is 1.21 bits per heavy atom. The molecule has 0 saturated heterocycles. The van der Waals surface area contributed by atoms with Crippen molar-refractivity contribution in [2.45, 2.75) is 6.04 Å². The molecule has 2 aromatic carbocycles. The zero-order chi connectivity index (χ0) is 12.5. The Kier molecular flexibility index (Phi) is 3.81. The summed E-state index contributed by atoms with van der Waals surface area (Å²) in [7, 11) is 0. The smallest absolute Gasteiger partial charge is 0.142 e. The van der Waals surface area contributed by atoms with E-state index in [4.69, 9.17) is 10.5 Å². The van der Waals surface area contributed by atoms with Crippen molar-refractivity contribution in [2.75, 3.05) is 17.7 Å². The van der Waals surface area contributed by atoms with Gasteiger partial charge in [-0.3, -0.25) is 0 Å². The molecule has 2 aromatic rings. The quantitative estimate of drug-likeness (QED) is 0.787. The van der Waals surface area contributed by atoms with Crippen LogP contribution in [0.15, 0.2) is 42.5 Å². The van der Waals surface area contributed by atoms with Crippen molar-refractivity contribution in [3.05, 3.63) is 53.8 Å². The second-order valence-electron chi connectivity index (χ2n) is 4.29. The Labute approximate surface area is 117 Å². The predicted molar refractivity (Wildman–Crippen MR) is 76.4 cm³/mol. The van der Waals surface area contributed by atoms with Crippen molar-refractivity contribution < 1.29 is 9.13 Å². The van der Waals surface area contributed by atoms with Gasteiger partial charge in [0.15, 0.2) is 0 Å². The summed E-state index contributed by atoms with van der Waals surface area (Å²) in [6.45, 7) is 0.401. The lowest BCUT2D eigenvalue weighted by molar-refractivity contribution is 0.284. The van der Waals surface area contributed by atoms with Crippen LogP contribution in [0.25, 0.3) is 0 Å². The number of para-hydroxylation sites is 2. The van der Waals surface area contributed by atoms with Crippen molar-refractivity contribution in [3.63, 3.8) is 0 Å². The maximum atomic E-state index is 13.8. The minimum atomic E-state index is -0.310. The van der Waals surface area contributed by atoms with E-state index in [1.807, 2.05) is 24.3 Å². The van der Waals surface area contributed by atoms with Gasteiger partial charge in [-0.15, -0.1) is 12.4 Å². The van der Waals surface area contributed by atoms with Crippen LogP contribution in [0.1, 0.15) is 11.6 Å². The maximum absolute atomic E-state index is 13.8. The van der Waals surface area contributed by atoms with Gasteiger partial charge in [-0.25, -0.2) is 4.39 Å². The fraction of sp³-hybridized carbons (Fsp3) is 0.143. The molecule has 19 heavy (non-hydrogen) atoms. The molecule has 0 amide bonds. The van der Waals surface area contributed by atoms with Crippen molar-refractivity contribution >= 4 is 23.8 Å². The van der Waals surface area contributed by atoms with E-state index in [1.165, 1.54) is 6.07 Å². The fourth-order valence-corrected chi connectivity index (χ4v) is 2.11. The maximum Gasteiger partial charge on any atom is 0.142 e. The first-order chi connectivity index (χ1) is 8.74. The van der Waals surface area contributed by atoms with Gasteiger partial charge in [-0.1, -0.05) is 18.2 Å². The zero-order valence-corrected chi connectivity index (χ0v) is 10.9. The summed E-state index contributed by atoms with van der Waals surface area (Å²) in [5.74, 6) is 0.486. The number of benzene rings is 2. The highest BCUT2D eigenvalue weighted by molar-refractivity contribution is 5.85. The molecule has 5 heteroatoms. The summed E-state index contributed by atoms with van der Waals surface area (Å²) < 4.78 is 19.5. The molecule has 0 bridgehead atoms. The summed E-state index contributed by atoms with van der Waals surface area (Å²) >= 11 is 0. The first-order valence-electron chi connectivity index (χ1n) is 5.77. The van der Waals surface area contributed by atoms with Crippen molar-refractivity contribution in [1.29, 1.82) is 0 Å². The van der Waals surface area contributed by atoms with Crippen LogP contribution in [0.5, 0.6) is 5.75 Å². The van der Waals surface area contributed by atoms with E-state index in [9.17, 15) is 4.39 Å². The number of hydrogen-bond acceptors (Lipinski definition) is 3. The van der Waals surface area contributed by atoms with Gasteiger partial charge in [0, 0.05) is 11.3 Å². The SMILES string of the molecule is Cl.Nc1ccc(C2COc3ccccc3N2)c(F)c1. The second kappa shape index (κ2) is 5.36. The number of nitrogens with one attached hydrogen (secondary N) is 1. The zero-order valence-electron chi connectivity index (χ0n) is 10.1. The van der Waals surface area contributed by atoms with Crippen LogP contribution in [0.2, 0.25) is 0 Å². The van der Waals surface area contributed by atoms with Crippen LogP contribution in [0.4, 0.5) is 15.8 Å². The molecule has 0 saturated carbocycles. The average molecular weight is 281 g/mol. The first-order valence-corrected chi connectivity index (χ1v) is 5.77. The van der Waals surface area contributed by atoms with Crippen LogP contribution in [-0.4, -0.2) is 6.61 Å². The van der Waals surface area contributed by atoms with E-state index in [0.29, 0.717) is 17.9 Å². The molecule has 1 aliphatic rings. The molecule has 0 aliphatic carbocycles. The van der Waals surface area contributed by atoms with Gasteiger partial charge in [-0.05, 0) is 24.3 Å². The van der Waals surface area contributed by atoms with Crippen molar-refractivity contribution in [1.82, 2.24) is 0 Å². The molecule has 1 heterocycles. The normalized spacial score (nSPS) is 16.6. The van der Waals surface area contributed by atoms with E-state index in [0.717, 1.165) is 11.4 Å². The first kappa shape index (κ1) is 13.5. The largest absolute Gasteiger partial charge is 0.489 e. The van der Waals surface area contributed by atoms with Gasteiger partial charge in [0.05, 0.1) is 11.7 Å². The molecule has 3 nitrogen and oxygen atoms in total. The van der Waals surface area contributed by atoms with Gasteiger partial charge in [0.25, 0.3) is 0 Å². The molecule has 1 atom stereocenters. The Balaban J connectivity index is 0.00000133. The number of fused-ring (bicyclic) bond motifs is 1. The Hall–Kier alpha value is -1.94. The van der Waals surface area contributed by atoms with Gasteiger partial charge in [0.2, 0.25) is 0 Å². The van der Waals surface area contributed by atoms with Crippen LogP contribution in [-0.2, 0) is 0 Å². The summed E-state index contributed by atoms with van der Waals surface area (Å²) in [6, 6.07) is 12.1. The Morgan fingerprint density at radius 3 is 2.79 bits per heavy atom. The molecule has 3 rings (SSSR count). The third-order valence-corrected chi connectivity index (χ3v) is 3.02. The summed E-state index contributed by atoms with van der Waals surface area (Å²) in [5.41, 5.74) is 7.41. The molecular formula is C14H14ClFN2O. The molecule has 3 N–H and O–H groups in total. The molecule has 0 spiro atoms. The number of nitrogen functional groups attached to an aromatic ring is 1. The highest BCUT2D eigenvalue weighted by atomic mass is 35.5. The van der Waals surface area contributed by atoms with Crippen LogP contribution >= 0.6 is 12.4 Å².